The van der Waals surface area contributed by atoms with Crippen molar-refractivity contribution in [3.05, 3.63) is 35.9 Å². The van der Waals surface area contributed by atoms with Gasteiger partial charge >= 0.3 is 5.97 Å². The van der Waals surface area contributed by atoms with E-state index in [0.29, 0.717) is 18.8 Å². The maximum absolute atomic E-state index is 11.8. The van der Waals surface area contributed by atoms with Gasteiger partial charge in [0.2, 0.25) is 0 Å². The standard InChI is InChI=1S/C15H23NO4/c1-12(2)16-15(14(17)18,11-20-10-9-19-3)13-7-5-4-6-8-13/h4-8,12,16H,9-11H2,1-3H3,(H,17,18). The van der Waals surface area contributed by atoms with Crippen molar-refractivity contribution >= 4 is 5.97 Å². The Morgan fingerprint density at radius 1 is 1.30 bits per heavy atom. The fourth-order valence-corrected chi connectivity index (χ4v) is 2.04. The van der Waals surface area contributed by atoms with Crippen molar-refractivity contribution in [3.8, 4) is 0 Å². The van der Waals surface area contributed by atoms with Gasteiger partial charge in [0.15, 0.2) is 5.54 Å². The van der Waals surface area contributed by atoms with E-state index in [1.807, 2.05) is 32.0 Å². The summed E-state index contributed by atoms with van der Waals surface area (Å²) in [4.78, 5) is 11.8. The lowest BCUT2D eigenvalue weighted by atomic mass is 9.90. The highest BCUT2D eigenvalue weighted by molar-refractivity contribution is 5.81. The molecule has 0 aromatic heterocycles. The van der Waals surface area contributed by atoms with Gasteiger partial charge in [-0.15, -0.1) is 0 Å². The molecular weight excluding hydrogens is 258 g/mol. The average molecular weight is 281 g/mol. The van der Waals surface area contributed by atoms with E-state index in [4.69, 9.17) is 9.47 Å². The van der Waals surface area contributed by atoms with Gasteiger partial charge in [0.05, 0.1) is 19.8 Å². The molecule has 112 valence electrons. The Balaban J connectivity index is 2.99. The molecule has 0 amide bonds. The van der Waals surface area contributed by atoms with E-state index < -0.39 is 11.5 Å². The predicted octanol–water partition coefficient (Wildman–Crippen LogP) is 1.63. The molecule has 2 N–H and O–H groups in total. The van der Waals surface area contributed by atoms with Gasteiger partial charge in [-0.05, 0) is 19.4 Å². The van der Waals surface area contributed by atoms with Gasteiger partial charge in [-0.2, -0.15) is 0 Å². The first-order valence-corrected chi connectivity index (χ1v) is 6.66. The molecule has 0 aliphatic rings. The summed E-state index contributed by atoms with van der Waals surface area (Å²) in [7, 11) is 1.58. The molecule has 1 aromatic rings. The Morgan fingerprint density at radius 2 is 1.95 bits per heavy atom. The number of benzene rings is 1. The van der Waals surface area contributed by atoms with Crippen molar-refractivity contribution in [1.29, 1.82) is 0 Å². The van der Waals surface area contributed by atoms with Crippen molar-refractivity contribution < 1.29 is 19.4 Å². The van der Waals surface area contributed by atoms with Crippen LogP contribution in [0.3, 0.4) is 0 Å². The minimum atomic E-state index is -1.25. The smallest absolute Gasteiger partial charge is 0.331 e. The highest BCUT2D eigenvalue weighted by Gasteiger charge is 2.41. The van der Waals surface area contributed by atoms with Crippen LogP contribution in [0.2, 0.25) is 0 Å². The fraction of sp³-hybridized carbons (Fsp3) is 0.533. The van der Waals surface area contributed by atoms with Crippen LogP contribution < -0.4 is 5.32 Å². The number of hydrogen-bond acceptors (Lipinski definition) is 4. The molecule has 0 spiro atoms. The first kappa shape index (κ1) is 16.6. The summed E-state index contributed by atoms with van der Waals surface area (Å²) >= 11 is 0. The molecule has 5 nitrogen and oxygen atoms in total. The summed E-state index contributed by atoms with van der Waals surface area (Å²) in [5.74, 6) is -0.949. The molecule has 0 radical (unpaired) electrons. The van der Waals surface area contributed by atoms with Gasteiger partial charge in [-0.3, -0.25) is 5.32 Å². The molecule has 1 atom stereocenters. The van der Waals surface area contributed by atoms with E-state index in [1.54, 1.807) is 19.2 Å². The molecule has 0 fully saturated rings. The molecular formula is C15H23NO4. The molecule has 5 heteroatoms. The highest BCUT2D eigenvalue weighted by Crippen LogP contribution is 2.23. The van der Waals surface area contributed by atoms with E-state index in [2.05, 4.69) is 5.32 Å². The van der Waals surface area contributed by atoms with Crippen LogP contribution in [0.25, 0.3) is 0 Å². The van der Waals surface area contributed by atoms with Crippen LogP contribution in [0, 0.1) is 0 Å². The van der Waals surface area contributed by atoms with E-state index >= 15 is 0 Å². The van der Waals surface area contributed by atoms with Crippen LogP contribution >= 0.6 is 0 Å². The molecule has 0 aliphatic carbocycles. The van der Waals surface area contributed by atoms with Crippen molar-refractivity contribution in [2.75, 3.05) is 26.9 Å². The summed E-state index contributed by atoms with van der Waals surface area (Å²) in [5.41, 5.74) is -0.568. The van der Waals surface area contributed by atoms with Crippen molar-refractivity contribution in [2.24, 2.45) is 0 Å². The zero-order valence-electron chi connectivity index (χ0n) is 12.3. The molecule has 1 aromatic carbocycles. The zero-order valence-corrected chi connectivity index (χ0v) is 12.3. The molecule has 0 saturated heterocycles. The number of nitrogens with one attached hydrogen (secondary N) is 1. The zero-order chi connectivity index (χ0) is 15.0. The summed E-state index contributed by atoms with van der Waals surface area (Å²) < 4.78 is 10.4. The lowest BCUT2D eigenvalue weighted by Gasteiger charge is -2.33. The van der Waals surface area contributed by atoms with Gasteiger partial charge in [0.25, 0.3) is 0 Å². The average Bonchev–Trinajstić information content (AvgIpc) is 2.42. The van der Waals surface area contributed by atoms with Crippen LogP contribution in [-0.2, 0) is 19.8 Å². The first-order chi connectivity index (χ1) is 9.53. The lowest BCUT2D eigenvalue weighted by Crippen LogP contribution is -2.55. The number of methoxy groups -OCH3 is 1. The van der Waals surface area contributed by atoms with Gasteiger partial charge in [-0.25, -0.2) is 4.79 Å². The minimum absolute atomic E-state index is 0.0114. The molecule has 0 bridgehead atoms. The van der Waals surface area contributed by atoms with E-state index in [-0.39, 0.29) is 12.6 Å². The predicted molar refractivity (Wildman–Crippen MR) is 76.7 cm³/mol. The molecule has 1 rings (SSSR count). The van der Waals surface area contributed by atoms with Crippen molar-refractivity contribution in [1.82, 2.24) is 5.32 Å². The van der Waals surface area contributed by atoms with Crippen LogP contribution in [-0.4, -0.2) is 44.0 Å². The Morgan fingerprint density at radius 3 is 2.45 bits per heavy atom. The number of carboxylic acid groups (broad SMARTS) is 1. The van der Waals surface area contributed by atoms with Gasteiger partial charge in [0.1, 0.15) is 0 Å². The van der Waals surface area contributed by atoms with Crippen molar-refractivity contribution in [2.45, 2.75) is 25.4 Å². The Labute approximate surface area is 119 Å². The monoisotopic (exact) mass is 281 g/mol. The highest BCUT2D eigenvalue weighted by atomic mass is 16.5. The third kappa shape index (κ3) is 4.30. The van der Waals surface area contributed by atoms with Crippen LogP contribution in [0.4, 0.5) is 0 Å². The Bertz CT molecular complexity index is 408. The van der Waals surface area contributed by atoms with Crippen LogP contribution in [0.5, 0.6) is 0 Å². The quantitative estimate of drug-likeness (QED) is 0.673. The van der Waals surface area contributed by atoms with E-state index in [0.717, 1.165) is 0 Å². The van der Waals surface area contributed by atoms with Gasteiger partial charge in [-0.1, -0.05) is 30.3 Å². The fourth-order valence-electron chi connectivity index (χ4n) is 2.04. The number of hydrogen-bond donors (Lipinski definition) is 2. The number of aliphatic carboxylic acids is 1. The summed E-state index contributed by atoms with van der Waals surface area (Å²) in [5, 5.41) is 12.8. The minimum Gasteiger partial charge on any atom is -0.480 e. The van der Waals surface area contributed by atoms with E-state index in [9.17, 15) is 9.90 Å². The Hall–Kier alpha value is -1.43. The van der Waals surface area contributed by atoms with Gasteiger partial charge in [0, 0.05) is 13.2 Å². The third-order valence-electron chi connectivity index (χ3n) is 2.92. The number of rotatable bonds is 9. The number of carboxylic acids is 1. The summed E-state index contributed by atoms with van der Waals surface area (Å²) in [6, 6.07) is 9.11. The summed E-state index contributed by atoms with van der Waals surface area (Å²) in [6.45, 7) is 4.67. The third-order valence-corrected chi connectivity index (χ3v) is 2.92. The van der Waals surface area contributed by atoms with Crippen molar-refractivity contribution in [3.63, 3.8) is 0 Å². The second-order valence-corrected chi connectivity index (χ2v) is 4.92. The maximum Gasteiger partial charge on any atom is 0.331 e. The molecule has 0 saturated carbocycles. The second kappa shape index (κ2) is 7.99. The van der Waals surface area contributed by atoms with E-state index in [1.165, 1.54) is 0 Å². The molecule has 0 heterocycles. The van der Waals surface area contributed by atoms with Gasteiger partial charge < -0.3 is 14.6 Å². The second-order valence-electron chi connectivity index (χ2n) is 4.92. The van der Waals surface area contributed by atoms with Crippen LogP contribution in [0.15, 0.2) is 30.3 Å². The topological polar surface area (TPSA) is 67.8 Å². The van der Waals surface area contributed by atoms with Crippen LogP contribution in [0.1, 0.15) is 19.4 Å². The number of ether oxygens (including phenoxy) is 2. The normalized spacial score (nSPS) is 14.2. The SMILES string of the molecule is COCCOCC(NC(C)C)(C(=O)O)c1ccccc1. The largest absolute Gasteiger partial charge is 0.480 e. The maximum atomic E-state index is 11.8. The molecule has 20 heavy (non-hydrogen) atoms. The lowest BCUT2D eigenvalue weighted by molar-refractivity contribution is -0.149. The first-order valence-electron chi connectivity index (χ1n) is 6.66. The molecule has 1 unspecified atom stereocenters. The Kier molecular flexibility index (Phi) is 6.64. The molecule has 0 aliphatic heterocycles. The summed E-state index contributed by atoms with van der Waals surface area (Å²) in [6.07, 6.45) is 0. The number of carbonyl (C=O) groups is 1.